The zero-order valence-corrected chi connectivity index (χ0v) is 17.9. The van der Waals surface area contributed by atoms with E-state index in [1.54, 1.807) is 6.07 Å². The normalized spacial score (nSPS) is 22.5. The second-order valence-corrected chi connectivity index (χ2v) is 8.75. The van der Waals surface area contributed by atoms with Crippen molar-refractivity contribution in [2.75, 3.05) is 5.32 Å². The van der Waals surface area contributed by atoms with E-state index in [9.17, 15) is 9.90 Å². The van der Waals surface area contributed by atoms with E-state index in [2.05, 4.69) is 47.9 Å². The zero-order valence-electron chi connectivity index (χ0n) is 17.9. The number of benzene rings is 3. The number of phenols is 1. The summed E-state index contributed by atoms with van der Waals surface area (Å²) in [4.78, 5) is 13.1. The van der Waals surface area contributed by atoms with Crippen LogP contribution in [-0.2, 0) is 0 Å². The Bertz CT molecular complexity index is 1180. The van der Waals surface area contributed by atoms with Crippen LogP contribution in [0.15, 0.2) is 66.7 Å². The van der Waals surface area contributed by atoms with Gasteiger partial charge in [-0.05, 0) is 54.2 Å². The second kappa shape index (κ2) is 7.77. The second-order valence-electron chi connectivity index (χ2n) is 8.75. The Hall–Kier alpha value is -3.27. The van der Waals surface area contributed by atoms with Crippen molar-refractivity contribution in [1.29, 1.82) is 0 Å². The maximum atomic E-state index is 13.1. The number of hydrogen-bond acceptors (Lipinski definition) is 3. The van der Waals surface area contributed by atoms with Crippen molar-refractivity contribution in [3.05, 3.63) is 83.4 Å². The molecule has 31 heavy (non-hydrogen) atoms. The Morgan fingerprint density at radius 2 is 2.00 bits per heavy atom. The zero-order chi connectivity index (χ0) is 21.5. The lowest BCUT2D eigenvalue weighted by molar-refractivity contribution is 0.0939. The fraction of sp³-hybridized carbons (Fsp3) is 0.296. The first kappa shape index (κ1) is 19.7. The van der Waals surface area contributed by atoms with Crippen LogP contribution < -0.4 is 10.6 Å². The van der Waals surface area contributed by atoms with Crippen molar-refractivity contribution in [2.24, 2.45) is 5.92 Å². The molecule has 3 aromatic rings. The number of aromatic hydroxyl groups is 1. The van der Waals surface area contributed by atoms with Crippen molar-refractivity contribution in [1.82, 2.24) is 5.32 Å². The summed E-state index contributed by atoms with van der Waals surface area (Å²) in [7, 11) is 0. The topological polar surface area (TPSA) is 61.4 Å². The minimum absolute atomic E-state index is 0.0555. The van der Waals surface area contributed by atoms with Gasteiger partial charge >= 0.3 is 0 Å². The predicted molar refractivity (Wildman–Crippen MR) is 126 cm³/mol. The third kappa shape index (κ3) is 3.27. The van der Waals surface area contributed by atoms with Gasteiger partial charge in [0, 0.05) is 17.5 Å². The quantitative estimate of drug-likeness (QED) is 0.468. The molecule has 4 atom stereocenters. The molecule has 158 valence electrons. The van der Waals surface area contributed by atoms with Gasteiger partial charge in [-0.2, -0.15) is 0 Å². The average Bonchev–Trinajstić information content (AvgIpc) is 3.28. The molecule has 0 saturated carbocycles. The molecule has 2 aliphatic rings. The Morgan fingerprint density at radius 3 is 2.84 bits per heavy atom. The van der Waals surface area contributed by atoms with Gasteiger partial charge in [0.25, 0.3) is 5.91 Å². The van der Waals surface area contributed by atoms with Crippen LogP contribution in [-0.4, -0.2) is 17.1 Å². The fourth-order valence-corrected chi connectivity index (χ4v) is 5.11. The maximum absolute atomic E-state index is 13.1. The largest absolute Gasteiger partial charge is 0.508 e. The molecule has 0 aromatic heterocycles. The number of allylic oxidation sites excluding steroid dienone is 2. The lowest BCUT2D eigenvalue weighted by Gasteiger charge is -2.39. The highest BCUT2D eigenvalue weighted by Gasteiger charge is 2.40. The summed E-state index contributed by atoms with van der Waals surface area (Å²) >= 11 is 0. The molecule has 0 spiro atoms. The first-order chi connectivity index (χ1) is 15.1. The summed E-state index contributed by atoms with van der Waals surface area (Å²) in [5, 5.41) is 19.9. The molecule has 4 unspecified atom stereocenters. The minimum Gasteiger partial charge on any atom is -0.508 e. The van der Waals surface area contributed by atoms with Crippen LogP contribution in [0.25, 0.3) is 10.8 Å². The highest BCUT2D eigenvalue weighted by molar-refractivity contribution is 6.01. The molecular formula is C27H28N2O2. The molecule has 5 rings (SSSR count). The lowest BCUT2D eigenvalue weighted by atomic mass is 9.75. The van der Waals surface area contributed by atoms with E-state index < -0.39 is 0 Å². The molecule has 4 nitrogen and oxygen atoms in total. The van der Waals surface area contributed by atoms with Gasteiger partial charge in [-0.3, -0.25) is 4.79 Å². The Balaban J connectivity index is 1.64. The smallest absolute Gasteiger partial charge is 0.253 e. The number of carbonyl (C=O) groups is 1. The number of carbonyl (C=O) groups excluding carboxylic acids is 1. The van der Waals surface area contributed by atoms with Crippen molar-refractivity contribution in [2.45, 2.75) is 44.7 Å². The van der Waals surface area contributed by atoms with Crippen molar-refractivity contribution in [3.8, 4) is 5.75 Å². The van der Waals surface area contributed by atoms with Crippen LogP contribution in [0.5, 0.6) is 5.75 Å². The molecular weight excluding hydrogens is 384 g/mol. The highest BCUT2D eigenvalue weighted by atomic mass is 16.3. The van der Waals surface area contributed by atoms with Crippen molar-refractivity contribution >= 4 is 22.4 Å². The lowest BCUT2D eigenvalue weighted by Crippen LogP contribution is -2.35. The third-order valence-corrected chi connectivity index (χ3v) is 6.89. The van der Waals surface area contributed by atoms with Gasteiger partial charge in [-0.25, -0.2) is 0 Å². The Labute approximate surface area is 183 Å². The van der Waals surface area contributed by atoms with E-state index in [-0.39, 0.29) is 29.8 Å². The summed E-state index contributed by atoms with van der Waals surface area (Å²) in [5.41, 5.74) is 3.63. The first-order valence-electron chi connectivity index (χ1n) is 11.2. The molecule has 1 amide bonds. The molecule has 1 heterocycles. The molecule has 0 saturated heterocycles. The summed E-state index contributed by atoms with van der Waals surface area (Å²) < 4.78 is 0. The van der Waals surface area contributed by atoms with Crippen LogP contribution in [0.3, 0.4) is 0 Å². The fourth-order valence-electron chi connectivity index (χ4n) is 5.11. The number of hydrogen-bond donors (Lipinski definition) is 3. The van der Waals surface area contributed by atoms with Gasteiger partial charge in [-0.1, -0.05) is 61.5 Å². The molecule has 1 aliphatic carbocycles. The van der Waals surface area contributed by atoms with E-state index >= 15 is 0 Å². The van der Waals surface area contributed by atoms with Gasteiger partial charge in [0.15, 0.2) is 0 Å². The number of anilines is 1. The van der Waals surface area contributed by atoms with Gasteiger partial charge in [0.05, 0.1) is 17.3 Å². The summed E-state index contributed by atoms with van der Waals surface area (Å²) in [6.45, 7) is 4.09. The highest BCUT2D eigenvalue weighted by Crippen LogP contribution is 2.53. The summed E-state index contributed by atoms with van der Waals surface area (Å²) in [5.74, 6) is 0.750. The number of nitrogens with one attached hydrogen (secondary N) is 2. The van der Waals surface area contributed by atoms with E-state index in [0.29, 0.717) is 11.3 Å². The minimum atomic E-state index is -0.0869. The van der Waals surface area contributed by atoms with Crippen molar-refractivity contribution in [3.63, 3.8) is 0 Å². The third-order valence-electron chi connectivity index (χ3n) is 6.89. The Morgan fingerprint density at radius 1 is 1.16 bits per heavy atom. The molecule has 3 aromatic carbocycles. The summed E-state index contributed by atoms with van der Waals surface area (Å²) in [6, 6.07) is 17.9. The van der Waals surface area contributed by atoms with Crippen LogP contribution in [0.4, 0.5) is 5.69 Å². The van der Waals surface area contributed by atoms with E-state index in [1.807, 2.05) is 37.3 Å². The first-order valence-corrected chi connectivity index (χ1v) is 11.2. The number of rotatable bonds is 4. The standard InChI is InChI=1S/C27H28N2O2/c1-3-16(2)28-27(31)22-13-7-11-20-19-10-6-12-21(19)26(29-25(20)22)24-18-9-5-4-8-17(18)14-15-23(24)30/h4-11,13-16,19,21,26,29-30H,3,12H2,1-2H3,(H,28,31). The van der Waals surface area contributed by atoms with Gasteiger partial charge < -0.3 is 15.7 Å². The molecule has 4 heteroatoms. The van der Waals surface area contributed by atoms with Crippen molar-refractivity contribution < 1.29 is 9.90 Å². The van der Waals surface area contributed by atoms with E-state index in [4.69, 9.17) is 0 Å². The maximum Gasteiger partial charge on any atom is 0.253 e. The molecule has 0 bridgehead atoms. The van der Waals surface area contributed by atoms with E-state index in [1.165, 1.54) is 0 Å². The summed E-state index contributed by atoms with van der Waals surface area (Å²) in [6.07, 6.45) is 6.31. The molecule has 1 aliphatic heterocycles. The molecule has 3 N–H and O–H groups in total. The van der Waals surface area contributed by atoms with Crippen LogP contribution in [0, 0.1) is 5.92 Å². The predicted octanol–water partition coefficient (Wildman–Crippen LogP) is 5.90. The van der Waals surface area contributed by atoms with Gasteiger partial charge in [0.1, 0.15) is 5.75 Å². The number of amides is 1. The van der Waals surface area contributed by atoms with Crippen LogP contribution in [0.1, 0.15) is 60.1 Å². The van der Waals surface area contributed by atoms with E-state index in [0.717, 1.165) is 40.4 Å². The number of fused-ring (bicyclic) bond motifs is 4. The van der Waals surface area contributed by atoms with Crippen LogP contribution in [0.2, 0.25) is 0 Å². The number of para-hydroxylation sites is 1. The Kier molecular flexibility index (Phi) is 4.93. The average molecular weight is 413 g/mol. The SMILES string of the molecule is CCC(C)NC(=O)c1cccc2c1NC(c1c(O)ccc3ccccc13)C1CC=CC21. The monoisotopic (exact) mass is 412 g/mol. The number of phenolic OH excluding ortho intramolecular Hbond substituents is 1. The van der Waals surface area contributed by atoms with Crippen LogP contribution >= 0.6 is 0 Å². The van der Waals surface area contributed by atoms with Gasteiger partial charge in [-0.15, -0.1) is 0 Å². The molecule has 0 radical (unpaired) electrons. The van der Waals surface area contributed by atoms with Gasteiger partial charge in [0.2, 0.25) is 0 Å². The molecule has 0 fully saturated rings.